The van der Waals surface area contributed by atoms with Crippen molar-refractivity contribution in [1.82, 2.24) is 25.6 Å². The van der Waals surface area contributed by atoms with Crippen LogP contribution in [0.1, 0.15) is 0 Å². The van der Waals surface area contributed by atoms with Crippen LogP contribution in [0.4, 0.5) is 5.69 Å². The zero-order chi connectivity index (χ0) is 15.9. The lowest BCUT2D eigenvalue weighted by atomic mass is 10.2. The number of aromatic nitrogens is 5. The van der Waals surface area contributed by atoms with Gasteiger partial charge in [-0.1, -0.05) is 18.2 Å². The van der Waals surface area contributed by atoms with Crippen LogP contribution in [-0.4, -0.2) is 34.0 Å². The van der Waals surface area contributed by atoms with Crippen molar-refractivity contribution in [2.24, 2.45) is 0 Å². The third kappa shape index (κ3) is 2.47. The van der Waals surface area contributed by atoms with Crippen LogP contribution in [0.3, 0.4) is 0 Å². The van der Waals surface area contributed by atoms with E-state index in [1.165, 1.54) is 0 Å². The van der Waals surface area contributed by atoms with Gasteiger partial charge >= 0.3 is 0 Å². The summed E-state index contributed by atoms with van der Waals surface area (Å²) in [6.07, 6.45) is 0. The Hall–Kier alpha value is -2.72. The van der Waals surface area contributed by atoms with Crippen molar-refractivity contribution in [2.75, 3.05) is 4.72 Å². The van der Waals surface area contributed by atoms with E-state index in [1.807, 2.05) is 12.1 Å². The van der Waals surface area contributed by atoms with E-state index in [2.05, 4.69) is 30.3 Å². The highest BCUT2D eigenvalue weighted by atomic mass is 32.2. The molecule has 0 radical (unpaired) electrons. The van der Waals surface area contributed by atoms with Crippen molar-refractivity contribution >= 4 is 38.0 Å². The number of tetrazole rings is 1. The Labute approximate surface area is 134 Å². The Kier molecular flexibility index (Phi) is 3.13. The summed E-state index contributed by atoms with van der Waals surface area (Å²) < 4.78 is 27.6. The van der Waals surface area contributed by atoms with Gasteiger partial charge in [-0.05, 0) is 28.8 Å². The third-order valence-electron chi connectivity index (χ3n) is 3.25. The van der Waals surface area contributed by atoms with Gasteiger partial charge in [0.2, 0.25) is 5.82 Å². The molecule has 3 heterocycles. The molecule has 0 spiro atoms. The summed E-state index contributed by atoms with van der Waals surface area (Å²) in [5, 5.41) is 16.3. The average Bonchev–Trinajstić information content (AvgIpc) is 3.27. The molecule has 23 heavy (non-hydrogen) atoms. The molecule has 116 valence electrons. The van der Waals surface area contributed by atoms with E-state index in [9.17, 15) is 8.42 Å². The summed E-state index contributed by atoms with van der Waals surface area (Å²) in [5.74, 6) is 0.410. The number of aromatic amines is 2. The highest BCUT2D eigenvalue weighted by molar-refractivity contribution is 7.94. The molecule has 0 saturated heterocycles. The van der Waals surface area contributed by atoms with Crippen molar-refractivity contribution in [3.63, 3.8) is 0 Å². The lowest BCUT2D eigenvalue weighted by Crippen LogP contribution is -2.11. The van der Waals surface area contributed by atoms with Gasteiger partial charge < -0.3 is 4.98 Å². The molecule has 0 bridgehead atoms. The number of benzene rings is 1. The molecule has 0 unspecified atom stereocenters. The molecule has 1 aromatic carbocycles. The van der Waals surface area contributed by atoms with Crippen LogP contribution in [-0.2, 0) is 10.0 Å². The van der Waals surface area contributed by atoms with Gasteiger partial charge in [0, 0.05) is 5.39 Å². The molecule has 0 amide bonds. The van der Waals surface area contributed by atoms with E-state index in [0.29, 0.717) is 22.7 Å². The summed E-state index contributed by atoms with van der Waals surface area (Å²) in [7, 11) is -3.61. The van der Waals surface area contributed by atoms with Crippen molar-refractivity contribution in [2.45, 2.75) is 4.21 Å². The van der Waals surface area contributed by atoms with Gasteiger partial charge in [0.05, 0.1) is 16.9 Å². The zero-order valence-corrected chi connectivity index (χ0v) is 13.1. The summed E-state index contributed by atoms with van der Waals surface area (Å²) in [6, 6.07) is 10.4. The van der Waals surface area contributed by atoms with Crippen LogP contribution in [0, 0.1) is 0 Å². The van der Waals surface area contributed by atoms with Gasteiger partial charge in [-0.2, -0.15) is 5.21 Å². The Morgan fingerprint density at radius 3 is 2.83 bits per heavy atom. The molecule has 0 aliphatic rings. The van der Waals surface area contributed by atoms with Crippen LogP contribution < -0.4 is 4.72 Å². The quantitative estimate of drug-likeness (QED) is 0.524. The molecular formula is C13H10N6O2S2. The highest BCUT2D eigenvalue weighted by Crippen LogP contribution is 2.29. The van der Waals surface area contributed by atoms with Crippen LogP contribution >= 0.6 is 11.3 Å². The minimum absolute atomic E-state index is 0.263. The first-order valence-corrected chi connectivity index (χ1v) is 8.92. The smallest absolute Gasteiger partial charge is 0.271 e. The van der Waals surface area contributed by atoms with Crippen LogP contribution in [0.2, 0.25) is 0 Å². The molecule has 0 aliphatic heterocycles. The number of H-pyrrole nitrogens is 2. The Morgan fingerprint density at radius 1 is 1.17 bits per heavy atom. The van der Waals surface area contributed by atoms with Gasteiger partial charge in [0.15, 0.2) is 0 Å². The van der Waals surface area contributed by atoms with E-state index >= 15 is 0 Å². The Morgan fingerprint density at radius 2 is 2.09 bits per heavy atom. The van der Waals surface area contributed by atoms with Crippen molar-refractivity contribution in [3.8, 4) is 11.5 Å². The molecule has 4 aromatic rings. The van der Waals surface area contributed by atoms with Gasteiger partial charge in [0.1, 0.15) is 4.21 Å². The van der Waals surface area contributed by atoms with E-state index in [-0.39, 0.29) is 4.21 Å². The number of sulfonamides is 1. The fourth-order valence-electron chi connectivity index (χ4n) is 2.25. The molecule has 0 saturated carbocycles. The first kappa shape index (κ1) is 13.9. The molecule has 4 rings (SSSR count). The van der Waals surface area contributed by atoms with Gasteiger partial charge in [-0.25, -0.2) is 8.42 Å². The minimum atomic E-state index is -3.61. The number of nitrogens with zero attached hydrogens (tertiary/aromatic N) is 3. The number of hydrogen-bond donors (Lipinski definition) is 3. The lowest BCUT2D eigenvalue weighted by Gasteiger charge is -2.07. The molecule has 0 fully saturated rings. The number of hydrogen-bond acceptors (Lipinski definition) is 6. The predicted octanol–water partition coefficient (Wildman–Crippen LogP) is 2.21. The summed E-state index contributed by atoms with van der Waals surface area (Å²) in [6.45, 7) is 0. The SMILES string of the molecule is O=S(=O)(Nc1cccc2cc(-c3nn[nH]n3)[nH]c12)c1cccs1. The van der Waals surface area contributed by atoms with Gasteiger partial charge in [-0.3, -0.25) is 4.72 Å². The van der Waals surface area contributed by atoms with E-state index in [0.717, 1.165) is 16.7 Å². The number of fused-ring (bicyclic) bond motifs is 1. The van der Waals surface area contributed by atoms with Gasteiger partial charge in [-0.15, -0.1) is 21.5 Å². The lowest BCUT2D eigenvalue weighted by molar-refractivity contribution is 0.603. The van der Waals surface area contributed by atoms with Crippen LogP contribution in [0.15, 0.2) is 46.0 Å². The summed E-state index contributed by atoms with van der Waals surface area (Å²) in [4.78, 5) is 3.13. The summed E-state index contributed by atoms with van der Waals surface area (Å²) in [5.41, 5.74) is 1.77. The normalized spacial score (nSPS) is 11.8. The topological polar surface area (TPSA) is 116 Å². The van der Waals surface area contributed by atoms with E-state index < -0.39 is 10.0 Å². The van der Waals surface area contributed by atoms with Crippen molar-refractivity contribution in [1.29, 1.82) is 0 Å². The van der Waals surface area contributed by atoms with Crippen LogP contribution in [0.25, 0.3) is 22.4 Å². The average molecular weight is 346 g/mol. The second-order valence-corrected chi connectivity index (χ2v) is 7.58. The fraction of sp³-hybridized carbons (Fsp3) is 0. The first-order valence-electron chi connectivity index (χ1n) is 6.55. The molecule has 8 nitrogen and oxygen atoms in total. The monoisotopic (exact) mass is 346 g/mol. The van der Waals surface area contributed by atoms with Gasteiger partial charge in [0.25, 0.3) is 10.0 Å². The molecule has 10 heteroatoms. The maximum absolute atomic E-state index is 12.4. The standard InChI is InChI=1S/C13H10N6O2S2/c20-23(21,11-5-2-6-22-11)17-9-4-1-3-8-7-10(14-12(8)9)13-15-18-19-16-13/h1-7,14,17H,(H,15,16,18,19). The Bertz CT molecular complexity index is 1050. The van der Waals surface area contributed by atoms with E-state index in [4.69, 9.17) is 0 Å². The predicted molar refractivity (Wildman–Crippen MR) is 86.6 cm³/mol. The number of para-hydroxylation sites is 1. The molecule has 3 aromatic heterocycles. The van der Waals surface area contributed by atoms with E-state index in [1.54, 1.807) is 29.6 Å². The van der Waals surface area contributed by atoms with Crippen LogP contribution in [0.5, 0.6) is 0 Å². The Balaban J connectivity index is 1.79. The zero-order valence-electron chi connectivity index (χ0n) is 11.5. The minimum Gasteiger partial charge on any atom is -0.350 e. The molecule has 0 atom stereocenters. The molecular weight excluding hydrogens is 336 g/mol. The van der Waals surface area contributed by atoms with Crippen molar-refractivity contribution in [3.05, 3.63) is 41.8 Å². The van der Waals surface area contributed by atoms with Crippen molar-refractivity contribution < 1.29 is 8.42 Å². The second-order valence-electron chi connectivity index (χ2n) is 4.73. The fourth-order valence-corrected chi connectivity index (χ4v) is 4.31. The number of nitrogens with one attached hydrogen (secondary N) is 3. The largest absolute Gasteiger partial charge is 0.350 e. The number of rotatable bonds is 4. The molecule has 0 aliphatic carbocycles. The first-order chi connectivity index (χ1) is 11.1. The number of thiophene rings is 1. The maximum Gasteiger partial charge on any atom is 0.271 e. The highest BCUT2D eigenvalue weighted by Gasteiger charge is 2.17. The second kappa shape index (κ2) is 5.18. The maximum atomic E-state index is 12.4. The third-order valence-corrected chi connectivity index (χ3v) is 6.01. The number of anilines is 1. The molecule has 3 N–H and O–H groups in total. The summed E-state index contributed by atoms with van der Waals surface area (Å²) >= 11 is 1.16.